The van der Waals surface area contributed by atoms with Crippen molar-refractivity contribution in [3.05, 3.63) is 0 Å². The van der Waals surface area contributed by atoms with Crippen molar-refractivity contribution in [2.75, 3.05) is 40.0 Å². The Morgan fingerprint density at radius 3 is 2.88 bits per heavy atom. The van der Waals surface area contributed by atoms with Crippen LogP contribution in [0, 0.1) is 0 Å². The lowest BCUT2D eigenvalue weighted by molar-refractivity contribution is -0.0543. The highest BCUT2D eigenvalue weighted by molar-refractivity contribution is 4.80. The van der Waals surface area contributed by atoms with E-state index < -0.39 is 0 Å². The van der Waals surface area contributed by atoms with Gasteiger partial charge in [-0.15, -0.1) is 0 Å². The van der Waals surface area contributed by atoms with Crippen LogP contribution in [0.4, 0.5) is 0 Å². The highest BCUT2D eigenvalue weighted by Crippen LogP contribution is 2.11. The quantitative estimate of drug-likeness (QED) is 0.727. The molecule has 4 heteroatoms. The molecule has 0 aromatic heterocycles. The van der Waals surface area contributed by atoms with E-state index in [4.69, 9.17) is 9.47 Å². The van der Waals surface area contributed by atoms with E-state index in [1.54, 1.807) is 7.11 Å². The third-order valence-electron chi connectivity index (χ3n) is 3.24. The minimum Gasteiger partial charge on any atom is -0.383 e. The van der Waals surface area contributed by atoms with Crippen molar-refractivity contribution < 1.29 is 9.47 Å². The predicted octanol–water partition coefficient (Wildman–Crippen LogP) is 1.11. The van der Waals surface area contributed by atoms with E-state index in [2.05, 4.69) is 31.0 Å². The molecule has 0 aromatic carbocycles. The third kappa shape index (κ3) is 5.34. The number of nitrogens with one attached hydrogen (secondary N) is 1. The van der Waals surface area contributed by atoms with Gasteiger partial charge in [0.1, 0.15) is 0 Å². The average Bonchev–Trinajstić information content (AvgIpc) is 2.31. The molecule has 1 rings (SSSR count). The van der Waals surface area contributed by atoms with Crippen LogP contribution < -0.4 is 5.32 Å². The molecule has 0 amide bonds. The fraction of sp³-hybridized carbons (Fsp3) is 1.00. The molecule has 1 fully saturated rings. The lowest BCUT2D eigenvalue weighted by atomic mass is 10.1. The van der Waals surface area contributed by atoms with E-state index in [1.165, 1.54) is 0 Å². The van der Waals surface area contributed by atoms with Gasteiger partial charge in [0.15, 0.2) is 0 Å². The molecule has 0 aliphatic carbocycles. The maximum Gasteiger partial charge on any atom is 0.0674 e. The molecule has 1 saturated heterocycles. The smallest absolute Gasteiger partial charge is 0.0674 e. The zero-order valence-corrected chi connectivity index (χ0v) is 11.7. The number of methoxy groups -OCH3 is 1. The van der Waals surface area contributed by atoms with Crippen molar-refractivity contribution >= 4 is 0 Å². The number of hydrogen-bond donors (Lipinski definition) is 1. The normalized spacial score (nSPS) is 28.2. The van der Waals surface area contributed by atoms with Gasteiger partial charge in [-0.25, -0.2) is 0 Å². The minimum absolute atomic E-state index is 0.348. The second-order valence-corrected chi connectivity index (χ2v) is 5.05. The lowest BCUT2D eigenvalue weighted by Gasteiger charge is -2.38. The summed E-state index contributed by atoms with van der Waals surface area (Å²) in [7, 11) is 1.77. The highest BCUT2D eigenvalue weighted by atomic mass is 16.5. The lowest BCUT2D eigenvalue weighted by Crippen LogP contribution is -2.53. The van der Waals surface area contributed by atoms with Gasteiger partial charge in [0.2, 0.25) is 0 Å². The van der Waals surface area contributed by atoms with Crippen LogP contribution in [-0.2, 0) is 9.47 Å². The molecule has 1 aliphatic rings. The van der Waals surface area contributed by atoms with Crippen molar-refractivity contribution in [1.82, 2.24) is 10.2 Å². The Kier molecular flexibility index (Phi) is 7.04. The Morgan fingerprint density at radius 2 is 2.24 bits per heavy atom. The number of morpholine rings is 1. The monoisotopic (exact) mass is 244 g/mol. The molecule has 17 heavy (non-hydrogen) atoms. The maximum atomic E-state index is 5.65. The minimum atomic E-state index is 0.348. The Bertz CT molecular complexity index is 202. The van der Waals surface area contributed by atoms with Gasteiger partial charge < -0.3 is 14.8 Å². The van der Waals surface area contributed by atoms with E-state index in [-0.39, 0.29) is 0 Å². The Balaban J connectivity index is 2.40. The summed E-state index contributed by atoms with van der Waals surface area (Å²) in [4.78, 5) is 2.50. The van der Waals surface area contributed by atoms with Gasteiger partial charge >= 0.3 is 0 Å². The van der Waals surface area contributed by atoms with Gasteiger partial charge in [0.25, 0.3) is 0 Å². The molecule has 0 aromatic rings. The molecule has 102 valence electrons. The summed E-state index contributed by atoms with van der Waals surface area (Å²) in [6.45, 7) is 11.3. The number of nitrogens with zero attached hydrogens (tertiary/aromatic N) is 1. The average molecular weight is 244 g/mol. The zero-order valence-electron chi connectivity index (χ0n) is 11.7. The first-order chi connectivity index (χ1) is 8.17. The van der Waals surface area contributed by atoms with E-state index in [0.717, 1.165) is 39.3 Å². The summed E-state index contributed by atoms with van der Waals surface area (Å²) in [5.41, 5.74) is 0. The molecule has 0 saturated carbocycles. The van der Waals surface area contributed by atoms with Gasteiger partial charge in [-0.2, -0.15) is 0 Å². The molecule has 0 bridgehead atoms. The molecule has 1 N–H and O–H groups in total. The van der Waals surface area contributed by atoms with Crippen LogP contribution in [-0.4, -0.2) is 63.0 Å². The fourth-order valence-electron chi connectivity index (χ4n) is 2.24. The predicted molar refractivity (Wildman–Crippen MR) is 70.4 cm³/mol. The van der Waals surface area contributed by atoms with Crippen molar-refractivity contribution in [3.8, 4) is 0 Å². The van der Waals surface area contributed by atoms with E-state index in [0.29, 0.717) is 18.2 Å². The summed E-state index contributed by atoms with van der Waals surface area (Å²) in [5, 5.41) is 3.55. The van der Waals surface area contributed by atoms with Gasteiger partial charge in [-0.1, -0.05) is 6.92 Å². The highest BCUT2D eigenvalue weighted by Gasteiger charge is 2.25. The fourth-order valence-corrected chi connectivity index (χ4v) is 2.24. The third-order valence-corrected chi connectivity index (χ3v) is 3.24. The molecule has 1 heterocycles. The second-order valence-electron chi connectivity index (χ2n) is 5.05. The standard InChI is InChI=1S/C13H28N2O2/c1-5-6-14-13(10-16-4)8-15-7-12(3)17-9-11(15)2/h11-14H,5-10H2,1-4H3. The second kappa shape index (κ2) is 8.03. The molecule has 3 unspecified atom stereocenters. The SMILES string of the molecule is CCCNC(COC)CN1CC(C)OCC1C. The molecular formula is C13H28N2O2. The molecule has 0 spiro atoms. The van der Waals surface area contributed by atoms with Crippen LogP contribution >= 0.6 is 0 Å². The Hall–Kier alpha value is -0.160. The van der Waals surface area contributed by atoms with Crippen LogP contribution in [0.2, 0.25) is 0 Å². The Morgan fingerprint density at radius 1 is 1.47 bits per heavy atom. The van der Waals surface area contributed by atoms with Gasteiger partial charge in [-0.3, -0.25) is 4.90 Å². The first-order valence-corrected chi connectivity index (χ1v) is 6.75. The van der Waals surface area contributed by atoms with Gasteiger partial charge in [0, 0.05) is 32.3 Å². The van der Waals surface area contributed by atoms with Crippen LogP contribution in [0.5, 0.6) is 0 Å². The molecule has 0 radical (unpaired) electrons. The van der Waals surface area contributed by atoms with E-state index in [9.17, 15) is 0 Å². The van der Waals surface area contributed by atoms with Crippen LogP contribution in [0.3, 0.4) is 0 Å². The Labute approximate surface area is 106 Å². The van der Waals surface area contributed by atoms with Crippen molar-refractivity contribution in [2.45, 2.75) is 45.4 Å². The van der Waals surface area contributed by atoms with Crippen molar-refractivity contribution in [1.29, 1.82) is 0 Å². The van der Waals surface area contributed by atoms with Crippen molar-refractivity contribution in [2.24, 2.45) is 0 Å². The zero-order chi connectivity index (χ0) is 12.7. The largest absolute Gasteiger partial charge is 0.383 e. The van der Waals surface area contributed by atoms with Crippen LogP contribution in [0.1, 0.15) is 27.2 Å². The summed E-state index contributed by atoms with van der Waals surface area (Å²) in [6.07, 6.45) is 1.51. The summed E-state index contributed by atoms with van der Waals surface area (Å²) >= 11 is 0. The first-order valence-electron chi connectivity index (χ1n) is 6.75. The molecule has 1 aliphatic heterocycles. The molecular weight excluding hydrogens is 216 g/mol. The summed E-state index contributed by atoms with van der Waals surface area (Å²) in [5.74, 6) is 0. The molecule has 3 atom stereocenters. The molecule has 4 nitrogen and oxygen atoms in total. The number of ether oxygens (including phenoxy) is 2. The summed E-state index contributed by atoms with van der Waals surface area (Å²) < 4.78 is 10.9. The van der Waals surface area contributed by atoms with E-state index in [1.807, 2.05) is 0 Å². The maximum absolute atomic E-state index is 5.65. The summed E-state index contributed by atoms with van der Waals surface area (Å²) in [6, 6.07) is 0.932. The van der Waals surface area contributed by atoms with Gasteiger partial charge in [-0.05, 0) is 26.8 Å². The van der Waals surface area contributed by atoms with E-state index >= 15 is 0 Å². The topological polar surface area (TPSA) is 33.7 Å². The first kappa shape index (κ1) is 14.9. The van der Waals surface area contributed by atoms with Crippen LogP contribution in [0.25, 0.3) is 0 Å². The number of hydrogen-bond acceptors (Lipinski definition) is 4. The van der Waals surface area contributed by atoms with Crippen molar-refractivity contribution in [3.63, 3.8) is 0 Å². The van der Waals surface area contributed by atoms with Gasteiger partial charge in [0.05, 0.1) is 19.3 Å². The number of rotatable bonds is 7. The van der Waals surface area contributed by atoms with Crippen LogP contribution in [0.15, 0.2) is 0 Å².